The van der Waals surface area contributed by atoms with Crippen molar-refractivity contribution in [3.63, 3.8) is 0 Å². The SMILES string of the molecule is Cc1cccc(N2CCN(CCC(=O)NCCc3ccc(F)cc3)CC2)c1. The van der Waals surface area contributed by atoms with E-state index in [9.17, 15) is 9.18 Å². The lowest BCUT2D eigenvalue weighted by atomic mass is 10.1. The van der Waals surface area contributed by atoms with Crippen LogP contribution >= 0.6 is 0 Å². The Labute approximate surface area is 161 Å². The lowest BCUT2D eigenvalue weighted by Crippen LogP contribution is -2.47. The highest BCUT2D eigenvalue weighted by molar-refractivity contribution is 5.76. The highest BCUT2D eigenvalue weighted by atomic mass is 19.1. The summed E-state index contributed by atoms with van der Waals surface area (Å²) >= 11 is 0. The predicted molar refractivity (Wildman–Crippen MR) is 108 cm³/mol. The molecule has 3 rings (SSSR count). The van der Waals surface area contributed by atoms with E-state index >= 15 is 0 Å². The summed E-state index contributed by atoms with van der Waals surface area (Å²) in [5.41, 5.74) is 3.60. The summed E-state index contributed by atoms with van der Waals surface area (Å²) in [6.07, 6.45) is 1.25. The van der Waals surface area contributed by atoms with Crippen LogP contribution in [-0.2, 0) is 11.2 Å². The molecule has 1 aliphatic rings. The smallest absolute Gasteiger partial charge is 0.221 e. The van der Waals surface area contributed by atoms with Gasteiger partial charge >= 0.3 is 0 Å². The summed E-state index contributed by atoms with van der Waals surface area (Å²) in [5, 5.41) is 2.96. The van der Waals surface area contributed by atoms with Crippen molar-refractivity contribution in [3.8, 4) is 0 Å². The number of carbonyl (C=O) groups is 1. The first-order chi connectivity index (χ1) is 13.1. The predicted octanol–water partition coefficient (Wildman–Crippen LogP) is 3.01. The fourth-order valence-corrected chi connectivity index (χ4v) is 3.40. The summed E-state index contributed by atoms with van der Waals surface area (Å²) in [5.74, 6) is -0.150. The summed E-state index contributed by atoms with van der Waals surface area (Å²) in [7, 11) is 0. The normalized spacial score (nSPS) is 15.0. The number of nitrogens with zero attached hydrogens (tertiary/aromatic N) is 2. The maximum atomic E-state index is 12.9. The van der Waals surface area contributed by atoms with E-state index in [1.54, 1.807) is 12.1 Å². The van der Waals surface area contributed by atoms with Crippen molar-refractivity contribution in [2.24, 2.45) is 0 Å². The maximum Gasteiger partial charge on any atom is 0.221 e. The second-order valence-corrected chi connectivity index (χ2v) is 7.14. The minimum atomic E-state index is -0.231. The van der Waals surface area contributed by atoms with Gasteiger partial charge in [-0.05, 0) is 48.7 Å². The quantitative estimate of drug-likeness (QED) is 0.815. The number of benzene rings is 2. The fraction of sp³-hybridized carbons (Fsp3) is 0.409. The molecule has 2 aromatic carbocycles. The Hall–Kier alpha value is -2.40. The molecule has 0 spiro atoms. The lowest BCUT2D eigenvalue weighted by Gasteiger charge is -2.36. The number of anilines is 1. The molecule has 0 radical (unpaired) electrons. The third kappa shape index (κ3) is 6.07. The number of carbonyl (C=O) groups excluding carboxylic acids is 1. The monoisotopic (exact) mass is 369 g/mol. The van der Waals surface area contributed by atoms with Gasteiger partial charge in [0, 0.05) is 51.4 Å². The number of nitrogens with one attached hydrogen (secondary N) is 1. The van der Waals surface area contributed by atoms with Gasteiger partial charge in [0.1, 0.15) is 5.82 Å². The minimum Gasteiger partial charge on any atom is -0.369 e. The highest BCUT2D eigenvalue weighted by Gasteiger charge is 2.17. The van der Waals surface area contributed by atoms with Crippen LogP contribution in [0.15, 0.2) is 48.5 Å². The van der Waals surface area contributed by atoms with E-state index in [1.165, 1.54) is 23.4 Å². The van der Waals surface area contributed by atoms with Crippen molar-refractivity contribution in [3.05, 3.63) is 65.5 Å². The number of piperazine rings is 1. The van der Waals surface area contributed by atoms with E-state index in [0.29, 0.717) is 13.0 Å². The molecule has 27 heavy (non-hydrogen) atoms. The van der Waals surface area contributed by atoms with Crippen LogP contribution in [0, 0.1) is 12.7 Å². The van der Waals surface area contributed by atoms with Gasteiger partial charge in [0.25, 0.3) is 0 Å². The molecule has 5 heteroatoms. The summed E-state index contributed by atoms with van der Waals surface area (Å²) in [4.78, 5) is 16.8. The molecule has 0 aromatic heterocycles. The van der Waals surface area contributed by atoms with Crippen molar-refractivity contribution in [2.45, 2.75) is 19.8 Å². The van der Waals surface area contributed by atoms with Crippen LogP contribution < -0.4 is 10.2 Å². The molecule has 4 nitrogen and oxygen atoms in total. The molecule has 1 aliphatic heterocycles. The second kappa shape index (κ2) is 9.51. The Bertz CT molecular complexity index is 739. The van der Waals surface area contributed by atoms with Crippen LogP contribution in [0.4, 0.5) is 10.1 Å². The highest BCUT2D eigenvalue weighted by Crippen LogP contribution is 2.17. The first-order valence-electron chi connectivity index (χ1n) is 9.65. The molecule has 0 atom stereocenters. The molecule has 0 bridgehead atoms. The first-order valence-corrected chi connectivity index (χ1v) is 9.65. The Morgan fingerprint density at radius 1 is 1.07 bits per heavy atom. The van der Waals surface area contributed by atoms with Crippen molar-refractivity contribution >= 4 is 11.6 Å². The average Bonchev–Trinajstić information content (AvgIpc) is 2.68. The molecular weight excluding hydrogens is 341 g/mol. The molecule has 0 unspecified atom stereocenters. The van der Waals surface area contributed by atoms with Gasteiger partial charge in [-0.15, -0.1) is 0 Å². The van der Waals surface area contributed by atoms with Crippen LogP contribution in [-0.4, -0.2) is 50.1 Å². The van der Waals surface area contributed by atoms with Gasteiger partial charge in [-0.3, -0.25) is 9.69 Å². The third-order valence-electron chi connectivity index (χ3n) is 5.04. The van der Waals surface area contributed by atoms with Crippen LogP contribution in [0.2, 0.25) is 0 Å². The Kier molecular flexibility index (Phi) is 6.82. The van der Waals surface area contributed by atoms with E-state index in [1.807, 2.05) is 0 Å². The van der Waals surface area contributed by atoms with Crippen LogP contribution in [0.25, 0.3) is 0 Å². The molecular formula is C22H28FN3O. The molecule has 0 saturated carbocycles. The van der Waals surface area contributed by atoms with Crippen molar-refractivity contribution in [2.75, 3.05) is 44.2 Å². The molecule has 1 fully saturated rings. The summed E-state index contributed by atoms with van der Waals surface area (Å²) in [6.45, 7) is 7.46. The number of aryl methyl sites for hydroxylation is 1. The Morgan fingerprint density at radius 3 is 2.52 bits per heavy atom. The number of hydrogen-bond donors (Lipinski definition) is 1. The molecule has 1 N–H and O–H groups in total. The zero-order chi connectivity index (χ0) is 19.1. The Balaban J connectivity index is 1.32. The largest absolute Gasteiger partial charge is 0.369 e. The topological polar surface area (TPSA) is 35.6 Å². The van der Waals surface area contributed by atoms with Crippen LogP contribution in [0.1, 0.15) is 17.5 Å². The maximum absolute atomic E-state index is 12.9. The fourth-order valence-electron chi connectivity index (χ4n) is 3.40. The molecule has 0 aliphatic carbocycles. The van der Waals surface area contributed by atoms with Gasteiger partial charge in [-0.2, -0.15) is 0 Å². The van der Waals surface area contributed by atoms with Gasteiger partial charge in [0.2, 0.25) is 5.91 Å². The zero-order valence-electron chi connectivity index (χ0n) is 16.0. The zero-order valence-corrected chi connectivity index (χ0v) is 16.0. The van der Waals surface area contributed by atoms with Gasteiger partial charge < -0.3 is 10.2 Å². The van der Waals surface area contributed by atoms with Gasteiger partial charge in [-0.1, -0.05) is 24.3 Å². The third-order valence-corrected chi connectivity index (χ3v) is 5.04. The van der Waals surface area contributed by atoms with Gasteiger partial charge in [0.05, 0.1) is 0 Å². The van der Waals surface area contributed by atoms with E-state index < -0.39 is 0 Å². The number of amides is 1. The number of rotatable bonds is 7. The second-order valence-electron chi connectivity index (χ2n) is 7.14. The minimum absolute atomic E-state index is 0.0817. The number of hydrogen-bond acceptors (Lipinski definition) is 3. The van der Waals surface area contributed by atoms with Crippen molar-refractivity contribution < 1.29 is 9.18 Å². The van der Waals surface area contributed by atoms with Crippen LogP contribution in [0.3, 0.4) is 0 Å². The lowest BCUT2D eigenvalue weighted by molar-refractivity contribution is -0.121. The molecule has 144 valence electrons. The molecule has 2 aromatic rings. The first kappa shape index (κ1) is 19.4. The molecule has 1 saturated heterocycles. The van der Waals surface area contributed by atoms with E-state index in [4.69, 9.17) is 0 Å². The van der Waals surface area contributed by atoms with Crippen LogP contribution in [0.5, 0.6) is 0 Å². The summed E-state index contributed by atoms with van der Waals surface area (Å²) in [6, 6.07) is 15.0. The van der Waals surface area contributed by atoms with Crippen molar-refractivity contribution in [1.29, 1.82) is 0 Å². The molecule has 1 heterocycles. The average molecular weight is 369 g/mol. The van der Waals surface area contributed by atoms with E-state index in [0.717, 1.165) is 44.7 Å². The Morgan fingerprint density at radius 2 is 1.81 bits per heavy atom. The number of halogens is 1. The van der Waals surface area contributed by atoms with Crippen molar-refractivity contribution in [1.82, 2.24) is 10.2 Å². The standard InChI is InChI=1S/C22H28FN3O/c1-18-3-2-4-21(17-18)26-15-13-25(14-16-26)12-10-22(27)24-11-9-19-5-7-20(23)8-6-19/h2-8,17H,9-16H2,1H3,(H,24,27). The van der Waals surface area contributed by atoms with E-state index in [-0.39, 0.29) is 11.7 Å². The van der Waals surface area contributed by atoms with Gasteiger partial charge in [0.15, 0.2) is 0 Å². The summed E-state index contributed by atoms with van der Waals surface area (Å²) < 4.78 is 12.9. The molecule has 1 amide bonds. The van der Waals surface area contributed by atoms with Gasteiger partial charge in [-0.25, -0.2) is 4.39 Å². The van der Waals surface area contributed by atoms with E-state index in [2.05, 4.69) is 46.3 Å².